The van der Waals surface area contributed by atoms with Gasteiger partial charge in [0.25, 0.3) is 0 Å². The highest BCUT2D eigenvalue weighted by molar-refractivity contribution is 7.93. The van der Waals surface area contributed by atoms with Crippen LogP contribution in [0.3, 0.4) is 0 Å². The van der Waals surface area contributed by atoms with Gasteiger partial charge in [0, 0.05) is 11.2 Å². The normalized spacial score (nSPS) is 13.2. The largest absolute Gasteiger partial charge is 0.465 e. The highest BCUT2D eigenvalue weighted by atomic mass is 32.2. The second-order valence-electron chi connectivity index (χ2n) is 3.61. The number of hydrogen-bond donors (Lipinski definition) is 0. The molecule has 0 saturated carbocycles. The Labute approximate surface area is 111 Å². The number of hydrogen-bond acceptors (Lipinski definition) is 5. The van der Waals surface area contributed by atoms with Crippen molar-refractivity contribution in [3.8, 4) is 0 Å². The molecule has 0 bridgehead atoms. The molecule has 1 aromatic carbocycles. The first kappa shape index (κ1) is 15.2. The number of ether oxygens (including phenoxy) is 2. The number of carbonyl (C=O) groups excluding carboxylic acids is 2. The molecule has 7 heteroatoms. The zero-order chi connectivity index (χ0) is 14.5. The summed E-state index contributed by atoms with van der Waals surface area (Å²) in [5.41, 5.74) is 0.244. The van der Waals surface area contributed by atoms with Crippen molar-refractivity contribution in [3.63, 3.8) is 0 Å². The molecule has 0 aliphatic rings. The third-order valence-corrected chi connectivity index (χ3v) is 3.84. The monoisotopic (exact) mass is 285 g/mol. The summed E-state index contributed by atoms with van der Waals surface area (Å²) >= 11 is 0. The van der Waals surface area contributed by atoms with Gasteiger partial charge in [0.15, 0.2) is 0 Å². The quantitative estimate of drug-likeness (QED) is 0.794. The lowest BCUT2D eigenvalue weighted by atomic mass is 10.2. The maximum absolute atomic E-state index is 12.3. The van der Waals surface area contributed by atoms with E-state index in [1.165, 1.54) is 31.6 Å². The molecule has 6 nitrogen and oxygen atoms in total. The second-order valence-corrected chi connectivity index (χ2v) is 5.87. The summed E-state index contributed by atoms with van der Waals surface area (Å²) in [6, 6.07) is 5.98. The van der Waals surface area contributed by atoms with E-state index < -0.39 is 21.8 Å². The zero-order valence-corrected chi connectivity index (χ0v) is 11.7. The van der Waals surface area contributed by atoms with Gasteiger partial charge in [-0.25, -0.2) is 13.8 Å². The van der Waals surface area contributed by atoms with Crippen LogP contribution >= 0.6 is 0 Å². The summed E-state index contributed by atoms with van der Waals surface area (Å²) in [7, 11) is -1.70. The summed E-state index contributed by atoms with van der Waals surface area (Å²) < 4.78 is 25.0. The van der Waals surface area contributed by atoms with E-state index in [0.717, 1.165) is 0 Å². The molecule has 0 saturated heterocycles. The van der Waals surface area contributed by atoms with Crippen LogP contribution in [0.5, 0.6) is 0 Å². The van der Waals surface area contributed by atoms with Gasteiger partial charge in [-0.3, -0.25) is 0 Å². The number of amides is 1. The Balaban J connectivity index is 3.18. The van der Waals surface area contributed by atoms with Crippen LogP contribution in [-0.4, -0.2) is 36.2 Å². The average molecular weight is 285 g/mol. The standard InChI is InChI=1S/C12H15NO5S/c1-4-18-12(15)13-19(3,16)10-7-5-6-9(8-10)11(14)17-2/h5-8H,4H2,1-3H3. The Morgan fingerprint density at radius 3 is 2.63 bits per heavy atom. The maximum Gasteiger partial charge on any atom is 0.442 e. The SMILES string of the molecule is CCOC(=O)N=S(C)(=O)c1cccc(C(=O)OC)c1. The lowest BCUT2D eigenvalue weighted by molar-refractivity contribution is 0.0600. The number of esters is 1. The summed E-state index contributed by atoms with van der Waals surface area (Å²) in [4.78, 5) is 22.9. The molecule has 0 heterocycles. The molecule has 1 atom stereocenters. The number of benzene rings is 1. The molecule has 1 aromatic rings. The van der Waals surface area contributed by atoms with Gasteiger partial charge in [-0.1, -0.05) is 6.07 Å². The van der Waals surface area contributed by atoms with Crippen molar-refractivity contribution in [1.29, 1.82) is 0 Å². The van der Waals surface area contributed by atoms with Gasteiger partial charge in [-0.05, 0) is 25.1 Å². The van der Waals surface area contributed by atoms with Gasteiger partial charge in [0.1, 0.15) is 0 Å². The number of rotatable bonds is 3. The minimum Gasteiger partial charge on any atom is -0.465 e. The average Bonchev–Trinajstić information content (AvgIpc) is 2.37. The van der Waals surface area contributed by atoms with Crippen molar-refractivity contribution in [1.82, 2.24) is 0 Å². The van der Waals surface area contributed by atoms with Crippen LogP contribution in [0.1, 0.15) is 17.3 Å². The maximum atomic E-state index is 12.3. The molecule has 0 aliphatic heterocycles. The van der Waals surface area contributed by atoms with Gasteiger partial charge in [0.2, 0.25) is 0 Å². The van der Waals surface area contributed by atoms with E-state index in [4.69, 9.17) is 0 Å². The molecule has 19 heavy (non-hydrogen) atoms. The molecule has 0 N–H and O–H groups in total. The van der Waals surface area contributed by atoms with Gasteiger partial charge in [0.05, 0.1) is 29.0 Å². The zero-order valence-electron chi connectivity index (χ0n) is 10.9. The Bertz CT molecular complexity index is 602. The Morgan fingerprint density at radius 1 is 1.37 bits per heavy atom. The van der Waals surface area contributed by atoms with Gasteiger partial charge in [-0.2, -0.15) is 0 Å². The van der Waals surface area contributed by atoms with Crippen molar-refractivity contribution in [2.75, 3.05) is 20.0 Å². The van der Waals surface area contributed by atoms with E-state index >= 15 is 0 Å². The molecule has 104 valence electrons. The number of methoxy groups -OCH3 is 1. The second kappa shape index (κ2) is 6.33. The number of carbonyl (C=O) groups is 2. The van der Waals surface area contributed by atoms with Crippen molar-refractivity contribution < 1.29 is 23.3 Å². The predicted octanol–water partition coefficient (Wildman–Crippen LogP) is 2.09. The summed E-state index contributed by atoms with van der Waals surface area (Å²) in [5.74, 6) is -0.548. The van der Waals surface area contributed by atoms with Gasteiger partial charge < -0.3 is 9.47 Å². The molecular weight excluding hydrogens is 270 g/mol. The lowest BCUT2D eigenvalue weighted by Crippen LogP contribution is -2.07. The van der Waals surface area contributed by atoms with E-state index in [9.17, 15) is 13.8 Å². The fourth-order valence-electron chi connectivity index (χ4n) is 1.32. The van der Waals surface area contributed by atoms with Crippen LogP contribution in [0.4, 0.5) is 4.79 Å². The van der Waals surface area contributed by atoms with E-state index in [0.29, 0.717) is 0 Å². The molecule has 0 fully saturated rings. The van der Waals surface area contributed by atoms with E-state index in [-0.39, 0.29) is 17.1 Å². The van der Waals surface area contributed by atoms with Crippen LogP contribution in [0.2, 0.25) is 0 Å². The number of nitrogens with zero attached hydrogens (tertiary/aromatic N) is 1. The van der Waals surface area contributed by atoms with Crippen molar-refractivity contribution in [2.45, 2.75) is 11.8 Å². The lowest BCUT2D eigenvalue weighted by Gasteiger charge is -2.06. The summed E-state index contributed by atoms with van der Waals surface area (Å²) in [6.07, 6.45) is 0.416. The van der Waals surface area contributed by atoms with Crippen LogP contribution in [-0.2, 0) is 19.2 Å². The van der Waals surface area contributed by atoms with Crippen molar-refractivity contribution in [2.24, 2.45) is 4.36 Å². The van der Waals surface area contributed by atoms with Crippen LogP contribution in [0.25, 0.3) is 0 Å². The van der Waals surface area contributed by atoms with Crippen LogP contribution in [0, 0.1) is 0 Å². The molecule has 0 aromatic heterocycles. The summed E-state index contributed by atoms with van der Waals surface area (Å²) in [6.45, 7) is 1.78. The molecule has 0 radical (unpaired) electrons. The minimum absolute atomic E-state index is 0.153. The van der Waals surface area contributed by atoms with E-state index in [1.54, 1.807) is 13.0 Å². The Hall–Kier alpha value is -1.89. The van der Waals surface area contributed by atoms with Crippen LogP contribution < -0.4 is 0 Å². The molecule has 1 rings (SSSR count). The van der Waals surface area contributed by atoms with Crippen LogP contribution in [0.15, 0.2) is 33.5 Å². The van der Waals surface area contributed by atoms with Crippen molar-refractivity contribution >= 4 is 21.8 Å². The highest BCUT2D eigenvalue weighted by Gasteiger charge is 2.13. The molecular formula is C12H15NO5S. The first-order valence-electron chi connectivity index (χ1n) is 5.48. The third-order valence-electron chi connectivity index (χ3n) is 2.21. The topological polar surface area (TPSA) is 82.0 Å². The summed E-state index contributed by atoms with van der Waals surface area (Å²) in [5, 5.41) is 0. The molecule has 0 spiro atoms. The smallest absolute Gasteiger partial charge is 0.442 e. The first-order chi connectivity index (χ1) is 8.90. The molecule has 0 aliphatic carbocycles. The Morgan fingerprint density at radius 2 is 2.05 bits per heavy atom. The van der Waals surface area contributed by atoms with E-state index in [1.807, 2.05) is 0 Å². The Kier molecular flexibility index (Phi) is 5.05. The van der Waals surface area contributed by atoms with E-state index in [2.05, 4.69) is 13.8 Å². The fourth-order valence-corrected chi connectivity index (χ4v) is 2.44. The third kappa shape index (κ3) is 4.06. The predicted molar refractivity (Wildman–Crippen MR) is 69.6 cm³/mol. The minimum atomic E-state index is -2.95. The molecule has 1 unspecified atom stereocenters. The fraction of sp³-hybridized carbons (Fsp3) is 0.333. The highest BCUT2D eigenvalue weighted by Crippen LogP contribution is 2.15. The van der Waals surface area contributed by atoms with Crippen molar-refractivity contribution in [3.05, 3.63) is 29.8 Å². The first-order valence-corrected chi connectivity index (χ1v) is 7.40. The van der Waals surface area contributed by atoms with Gasteiger partial charge in [-0.15, -0.1) is 4.36 Å². The molecule has 1 amide bonds. The van der Waals surface area contributed by atoms with Gasteiger partial charge >= 0.3 is 12.1 Å².